The molecule has 0 spiro atoms. The highest BCUT2D eigenvalue weighted by Crippen LogP contribution is 2.31. The Hall–Kier alpha value is -3.14. The molecule has 1 aliphatic carbocycles. The number of aliphatic hydroxyl groups excluding tert-OH is 1. The minimum Gasteiger partial charge on any atom is -0.489 e. The molecule has 2 amide bonds. The molecular weight excluding hydrogens is 475 g/mol. The zero-order valence-electron chi connectivity index (χ0n) is 19.8. The SMILES string of the molecule is O=C(NC(O)C1CCCCC1)c1ncccc1OCC1CCCN1C(=O)c1cccc(C(F)(F)F)c1. The largest absolute Gasteiger partial charge is 0.489 e. The smallest absolute Gasteiger partial charge is 0.416 e. The summed E-state index contributed by atoms with van der Waals surface area (Å²) >= 11 is 0. The van der Waals surface area contributed by atoms with E-state index in [4.69, 9.17) is 4.74 Å². The first kappa shape index (κ1) is 25.9. The summed E-state index contributed by atoms with van der Waals surface area (Å²) in [6, 6.07) is 7.22. The number of ether oxygens (including phenoxy) is 1. The van der Waals surface area contributed by atoms with Crippen molar-refractivity contribution in [2.75, 3.05) is 13.2 Å². The van der Waals surface area contributed by atoms with Crippen LogP contribution in [0.25, 0.3) is 0 Å². The first-order valence-electron chi connectivity index (χ1n) is 12.3. The fourth-order valence-corrected chi connectivity index (χ4v) is 4.90. The molecule has 1 aromatic carbocycles. The maximum atomic E-state index is 13.1. The molecule has 2 atom stereocenters. The number of aromatic nitrogens is 1. The average molecular weight is 506 g/mol. The minimum atomic E-state index is -4.54. The van der Waals surface area contributed by atoms with Crippen molar-refractivity contribution in [1.29, 1.82) is 0 Å². The number of benzene rings is 1. The molecule has 1 aromatic heterocycles. The van der Waals surface area contributed by atoms with Gasteiger partial charge >= 0.3 is 6.18 Å². The van der Waals surface area contributed by atoms with E-state index >= 15 is 0 Å². The number of amides is 2. The predicted octanol–water partition coefficient (Wildman–Crippen LogP) is 4.41. The summed E-state index contributed by atoms with van der Waals surface area (Å²) in [4.78, 5) is 31.4. The quantitative estimate of drug-likeness (QED) is 0.544. The standard InChI is InChI=1S/C26H30F3N3O4/c27-26(28,29)19-10-4-9-18(15-19)25(35)32-14-6-11-20(32)16-36-21-12-5-13-30-22(21)24(34)31-23(33)17-7-2-1-3-8-17/h4-5,9-10,12-13,15,17,20,23,33H,1-3,6-8,11,14,16H2,(H,31,34). The number of rotatable bonds is 7. The third kappa shape index (κ3) is 6.16. The Morgan fingerprint density at radius 2 is 1.89 bits per heavy atom. The van der Waals surface area contributed by atoms with Gasteiger partial charge in [0.2, 0.25) is 0 Å². The van der Waals surface area contributed by atoms with E-state index in [0.717, 1.165) is 44.2 Å². The Kier molecular flexibility index (Phi) is 8.13. The third-order valence-corrected chi connectivity index (χ3v) is 6.87. The lowest BCUT2D eigenvalue weighted by molar-refractivity contribution is -0.137. The second kappa shape index (κ2) is 11.3. The van der Waals surface area contributed by atoms with Crippen LogP contribution in [0.4, 0.5) is 13.2 Å². The Morgan fingerprint density at radius 1 is 1.11 bits per heavy atom. The van der Waals surface area contributed by atoms with Gasteiger partial charge in [-0.15, -0.1) is 0 Å². The van der Waals surface area contributed by atoms with Crippen LogP contribution in [0.5, 0.6) is 5.75 Å². The van der Waals surface area contributed by atoms with E-state index < -0.39 is 29.8 Å². The van der Waals surface area contributed by atoms with Gasteiger partial charge in [0.1, 0.15) is 12.8 Å². The van der Waals surface area contributed by atoms with Gasteiger partial charge in [-0.3, -0.25) is 9.59 Å². The van der Waals surface area contributed by atoms with Crippen molar-refractivity contribution in [3.05, 3.63) is 59.4 Å². The van der Waals surface area contributed by atoms with E-state index in [1.165, 1.54) is 23.2 Å². The highest BCUT2D eigenvalue weighted by molar-refractivity contribution is 5.95. The van der Waals surface area contributed by atoms with Crippen LogP contribution >= 0.6 is 0 Å². The number of nitrogens with one attached hydrogen (secondary N) is 1. The van der Waals surface area contributed by atoms with Gasteiger partial charge in [-0.1, -0.05) is 25.3 Å². The van der Waals surface area contributed by atoms with Gasteiger partial charge in [0, 0.05) is 24.2 Å². The van der Waals surface area contributed by atoms with Crippen molar-refractivity contribution < 1.29 is 32.6 Å². The fourth-order valence-electron chi connectivity index (χ4n) is 4.90. The highest BCUT2D eigenvalue weighted by atomic mass is 19.4. The molecule has 2 N–H and O–H groups in total. The Bertz CT molecular complexity index is 1070. The number of aliphatic hydroxyl groups is 1. The maximum absolute atomic E-state index is 13.1. The second-order valence-electron chi connectivity index (χ2n) is 9.35. The van der Waals surface area contributed by atoms with Crippen molar-refractivity contribution in [1.82, 2.24) is 15.2 Å². The van der Waals surface area contributed by atoms with Gasteiger partial charge in [0.05, 0.1) is 11.6 Å². The van der Waals surface area contributed by atoms with E-state index in [1.807, 2.05) is 0 Å². The zero-order chi connectivity index (χ0) is 25.7. The molecule has 36 heavy (non-hydrogen) atoms. The summed E-state index contributed by atoms with van der Waals surface area (Å²) in [5, 5.41) is 13.1. The van der Waals surface area contributed by atoms with Crippen LogP contribution in [-0.4, -0.2) is 52.2 Å². The number of pyridine rings is 1. The van der Waals surface area contributed by atoms with Crippen LogP contribution in [0.2, 0.25) is 0 Å². The Labute approximate surface area is 207 Å². The van der Waals surface area contributed by atoms with Crippen LogP contribution in [0, 0.1) is 5.92 Å². The minimum absolute atomic E-state index is 0.00434. The molecule has 4 rings (SSSR count). The van der Waals surface area contributed by atoms with Gasteiger partial charge in [-0.25, -0.2) is 4.98 Å². The molecule has 194 valence electrons. The number of halogens is 3. The number of hydrogen-bond acceptors (Lipinski definition) is 5. The van der Waals surface area contributed by atoms with E-state index in [0.29, 0.717) is 19.4 Å². The van der Waals surface area contributed by atoms with Crippen LogP contribution < -0.4 is 10.1 Å². The lowest BCUT2D eigenvalue weighted by Gasteiger charge is -2.27. The Balaban J connectivity index is 1.40. The molecule has 1 aliphatic heterocycles. The molecule has 1 saturated carbocycles. The summed E-state index contributed by atoms with van der Waals surface area (Å²) in [5.74, 6) is -0.826. The molecule has 0 radical (unpaired) electrons. The number of likely N-dealkylation sites (tertiary alicyclic amines) is 1. The third-order valence-electron chi connectivity index (χ3n) is 6.87. The maximum Gasteiger partial charge on any atom is 0.416 e. The molecule has 0 bridgehead atoms. The predicted molar refractivity (Wildman–Crippen MR) is 125 cm³/mol. The normalized spacial score (nSPS) is 19.7. The molecular formula is C26H30F3N3O4. The van der Waals surface area contributed by atoms with Crippen LogP contribution in [-0.2, 0) is 6.18 Å². The molecule has 7 nitrogen and oxygen atoms in total. The number of nitrogens with zero attached hydrogens (tertiary/aromatic N) is 2. The molecule has 2 aliphatic rings. The molecule has 1 saturated heterocycles. The van der Waals surface area contributed by atoms with Crippen molar-refractivity contribution >= 4 is 11.8 Å². The average Bonchev–Trinajstić information content (AvgIpc) is 3.36. The summed E-state index contributed by atoms with van der Waals surface area (Å²) in [6.07, 6.45) is 2.12. The zero-order valence-corrected chi connectivity index (χ0v) is 19.8. The molecule has 2 aromatic rings. The number of carbonyl (C=O) groups is 2. The monoisotopic (exact) mass is 505 g/mol. The summed E-state index contributed by atoms with van der Waals surface area (Å²) in [7, 11) is 0. The van der Waals surface area contributed by atoms with E-state index in [1.54, 1.807) is 12.1 Å². The molecule has 10 heteroatoms. The molecule has 2 fully saturated rings. The second-order valence-corrected chi connectivity index (χ2v) is 9.35. The van der Waals surface area contributed by atoms with Gasteiger partial charge in [-0.2, -0.15) is 13.2 Å². The van der Waals surface area contributed by atoms with Gasteiger partial charge in [0.15, 0.2) is 11.4 Å². The number of hydrogen-bond donors (Lipinski definition) is 2. The number of carbonyl (C=O) groups excluding carboxylic acids is 2. The Morgan fingerprint density at radius 3 is 2.64 bits per heavy atom. The topological polar surface area (TPSA) is 91.8 Å². The van der Waals surface area contributed by atoms with Crippen molar-refractivity contribution in [3.8, 4) is 5.75 Å². The highest BCUT2D eigenvalue weighted by Gasteiger charge is 2.34. The molecule has 2 unspecified atom stereocenters. The van der Waals surface area contributed by atoms with E-state index in [-0.39, 0.29) is 35.6 Å². The van der Waals surface area contributed by atoms with Gasteiger partial charge < -0.3 is 20.1 Å². The molecule has 2 heterocycles. The van der Waals surface area contributed by atoms with E-state index in [9.17, 15) is 27.9 Å². The van der Waals surface area contributed by atoms with Crippen LogP contribution in [0.15, 0.2) is 42.6 Å². The summed E-state index contributed by atoms with van der Waals surface area (Å²) < 4.78 is 45.1. The van der Waals surface area contributed by atoms with Crippen molar-refractivity contribution in [2.45, 2.75) is 63.4 Å². The lowest BCUT2D eigenvalue weighted by Crippen LogP contribution is -2.41. The van der Waals surface area contributed by atoms with Gasteiger partial charge in [0.25, 0.3) is 11.8 Å². The number of alkyl halides is 3. The first-order chi connectivity index (χ1) is 17.2. The lowest BCUT2D eigenvalue weighted by atomic mass is 9.88. The summed E-state index contributed by atoms with van der Waals surface area (Å²) in [6.45, 7) is 0.457. The van der Waals surface area contributed by atoms with Crippen LogP contribution in [0.1, 0.15) is 71.4 Å². The van der Waals surface area contributed by atoms with Crippen LogP contribution in [0.3, 0.4) is 0 Å². The first-order valence-corrected chi connectivity index (χ1v) is 12.3. The summed E-state index contributed by atoms with van der Waals surface area (Å²) in [5.41, 5.74) is -0.877. The van der Waals surface area contributed by atoms with Crippen molar-refractivity contribution in [3.63, 3.8) is 0 Å². The fraction of sp³-hybridized carbons (Fsp3) is 0.500. The van der Waals surface area contributed by atoms with Crippen molar-refractivity contribution in [2.24, 2.45) is 5.92 Å². The van der Waals surface area contributed by atoms with Gasteiger partial charge in [-0.05, 0) is 56.0 Å². The van der Waals surface area contributed by atoms with E-state index in [2.05, 4.69) is 10.3 Å².